The largest absolute Gasteiger partial charge is 0.280 e. The van der Waals surface area contributed by atoms with Crippen molar-refractivity contribution in [2.45, 2.75) is 27.7 Å². The number of halogens is 2. The van der Waals surface area contributed by atoms with Crippen LogP contribution in [0.4, 0.5) is 0 Å². The zero-order chi connectivity index (χ0) is 10.8. The summed E-state index contributed by atoms with van der Waals surface area (Å²) in [6, 6.07) is 0. The molecular weight excluding hydrogens is 211 g/mol. The van der Waals surface area contributed by atoms with Crippen molar-refractivity contribution in [1.82, 2.24) is 0 Å². The van der Waals surface area contributed by atoms with Crippen LogP contribution in [0.15, 0.2) is 0 Å². The molecule has 0 aromatic rings. The highest BCUT2D eigenvalue weighted by atomic mass is 35.5. The average molecular weight is 225 g/mol. The molecule has 0 aliphatic rings. The van der Waals surface area contributed by atoms with Crippen molar-refractivity contribution in [3.63, 3.8) is 0 Å². The summed E-state index contributed by atoms with van der Waals surface area (Å²) in [7, 11) is 0. The van der Waals surface area contributed by atoms with Crippen LogP contribution >= 0.6 is 23.2 Å². The van der Waals surface area contributed by atoms with Crippen LogP contribution in [0, 0.1) is 17.3 Å². The van der Waals surface area contributed by atoms with E-state index in [9.17, 15) is 9.59 Å². The molecule has 0 aliphatic heterocycles. The zero-order valence-corrected chi connectivity index (χ0v) is 9.74. The van der Waals surface area contributed by atoms with Crippen molar-refractivity contribution >= 4 is 33.7 Å². The van der Waals surface area contributed by atoms with Gasteiger partial charge in [0.1, 0.15) is 5.41 Å². The molecule has 76 valence electrons. The van der Waals surface area contributed by atoms with E-state index in [1.165, 1.54) is 0 Å². The Kier molecular flexibility index (Phi) is 4.40. The van der Waals surface area contributed by atoms with Crippen LogP contribution in [0.2, 0.25) is 0 Å². The summed E-state index contributed by atoms with van der Waals surface area (Å²) in [5.41, 5.74) is -1.25. The Balaban J connectivity index is 5.32. The van der Waals surface area contributed by atoms with Gasteiger partial charge in [-0.2, -0.15) is 0 Å². The fraction of sp³-hybridized carbons (Fsp3) is 0.778. The number of rotatable bonds is 4. The van der Waals surface area contributed by atoms with Crippen molar-refractivity contribution in [3.8, 4) is 0 Å². The van der Waals surface area contributed by atoms with Gasteiger partial charge in [0.15, 0.2) is 0 Å². The monoisotopic (exact) mass is 224 g/mol. The minimum Gasteiger partial charge on any atom is -0.280 e. The van der Waals surface area contributed by atoms with Crippen LogP contribution in [0.5, 0.6) is 0 Å². The summed E-state index contributed by atoms with van der Waals surface area (Å²) in [4.78, 5) is 22.5. The highest BCUT2D eigenvalue weighted by Crippen LogP contribution is 2.40. The maximum absolute atomic E-state index is 11.3. The number of carbonyl (C=O) groups excluding carboxylic acids is 2. The molecule has 0 spiro atoms. The van der Waals surface area contributed by atoms with E-state index in [4.69, 9.17) is 23.2 Å². The lowest BCUT2D eigenvalue weighted by Crippen LogP contribution is -2.44. The van der Waals surface area contributed by atoms with Gasteiger partial charge in [-0.1, -0.05) is 27.7 Å². The highest BCUT2D eigenvalue weighted by Gasteiger charge is 2.49. The molecule has 0 unspecified atom stereocenters. The van der Waals surface area contributed by atoms with Gasteiger partial charge in [-0.25, -0.2) is 0 Å². The predicted molar refractivity (Wildman–Crippen MR) is 53.8 cm³/mol. The van der Waals surface area contributed by atoms with Gasteiger partial charge in [-0.15, -0.1) is 0 Å². The second-order valence-electron chi connectivity index (χ2n) is 3.73. The van der Waals surface area contributed by atoms with Gasteiger partial charge in [0.2, 0.25) is 10.5 Å². The van der Waals surface area contributed by atoms with E-state index in [2.05, 4.69) is 0 Å². The first-order valence-electron chi connectivity index (χ1n) is 4.17. The van der Waals surface area contributed by atoms with Gasteiger partial charge in [0.05, 0.1) is 0 Å². The van der Waals surface area contributed by atoms with E-state index in [0.29, 0.717) is 0 Å². The topological polar surface area (TPSA) is 34.1 Å². The summed E-state index contributed by atoms with van der Waals surface area (Å²) >= 11 is 10.9. The molecule has 4 heteroatoms. The quantitative estimate of drug-likeness (QED) is 0.544. The van der Waals surface area contributed by atoms with Gasteiger partial charge in [-0.3, -0.25) is 9.59 Å². The molecule has 0 N–H and O–H groups in total. The fourth-order valence-electron chi connectivity index (χ4n) is 1.65. The van der Waals surface area contributed by atoms with Crippen LogP contribution < -0.4 is 0 Å². The number of hydrogen-bond acceptors (Lipinski definition) is 2. The van der Waals surface area contributed by atoms with Gasteiger partial charge in [-0.05, 0) is 35.0 Å². The zero-order valence-electron chi connectivity index (χ0n) is 8.23. The number of hydrogen-bond donors (Lipinski definition) is 0. The summed E-state index contributed by atoms with van der Waals surface area (Å²) in [6.45, 7) is 7.06. The van der Waals surface area contributed by atoms with Crippen molar-refractivity contribution in [3.05, 3.63) is 0 Å². The van der Waals surface area contributed by atoms with E-state index in [1.807, 2.05) is 0 Å². The molecule has 0 aromatic carbocycles. The molecule has 0 bridgehead atoms. The minimum absolute atomic E-state index is 0.192. The molecule has 0 fully saturated rings. The van der Waals surface area contributed by atoms with Crippen LogP contribution in [0.25, 0.3) is 0 Å². The van der Waals surface area contributed by atoms with Gasteiger partial charge in [0, 0.05) is 0 Å². The standard InChI is InChI=1S/C9H14Cl2O2/c1-5(2)9(6(3)4,7(10)12)8(11)13/h5-6H,1-4H3. The smallest absolute Gasteiger partial charge is 0.237 e. The molecule has 0 atom stereocenters. The van der Waals surface area contributed by atoms with E-state index < -0.39 is 15.9 Å². The van der Waals surface area contributed by atoms with E-state index in [-0.39, 0.29) is 11.8 Å². The first-order valence-corrected chi connectivity index (χ1v) is 4.93. The lowest BCUT2D eigenvalue weighted by Gasteiger charge is -2.33. The van der Waals surface area contributed by atoms with Crippen molar-refractivity contribution in [1.29, 1.82) is 0 Å². The minimum atomic E-state index is -1.25. The summed E-state index contributed by atoms with van der Waals surface area (Å²) in [5, 5.41) is -1.34. The van der Waals surface area contributed by atoms with Gasteiger partial charge < -0.3 is 0 Å². The molecule has 0 aromatic heterocycles. The maximum atomic E-state index is 11.3. The molecule has 2 nitrogen and oxygen atoms in total. The third-order valence-corrected chi connectivity index (χ3v) is 3.10. The van der Waals surface area contributed by atoms with Crippen molar-refractivity contribution in [2.75, 3.05) is 0 Å². The Morgan fingerprint density at radius 3 is 1.15 bits per heavy atom. The normalized spacial score (nSPS) is 12.3. The molecule has 0 saturated heterocycles. The Hall–Kier alpha value is -0.0800. The second-order valence-corrected chi connectivity index (χ2v) is 4.41. The van der Waals surface area contributed by atoms with Crippen LogP contribution in [-0.4, -0.2) is 10.5 Å². The fourth-order valence-corrected chi connectivity index (χ4v) is 2.74. The van der Waals surface area contributed by atoms with Crippen molar-refractivity contribution < 1.29 is 9.59 Å². The summed E-state index contributed by atoms with van der Waals surface area (Å²) < 4.78 is 0. The summed E-state index contributed by atoms with van der Waals surface area (Å²) in [6.07, 6.45) is 0. The maximum Gasteiger partial charge on any atom is 0.237 e. The van der Waals surface area contributed by atoms with Gasteiger partial charge in [0.25, 0.3) is 0 Å². The molecule has 0 amide bonds. The van der Waals surface area contributed by atoms with E-state index >= 15 is 0 Å². The molecule has 0 radical (unpaired) electrons. The van der Waals surface area contributed by atoms with E-state index in [1.54, 1.807) is 27.7 Å². The second kappa shape index (κ2) is 4.43. The molecule has 0 aliphatic carbocycles. The van der Waals surface area contributed by atoms with Crippen LogP contribution in [0.1, 0.15) is 27.7 Å². The predicted octanol–water partition coefficient (Wildman–Crippen LogP) is 2.82. The first kappa shape index (κ1) is 12.9. The summed E-state index contributed by atoms with van der Waals surface area (Å²) in [5.74, 6) is -0.384. The van der Waals surface area contributed by atoms with E-state index in [0.717, 1.165) is 0 Å². The Morgan fingerprint density at radius 2 is 1.15 bits per heavy atom. The van der Waals surface area contributed by atoms with Gasteiger partial charge >= 0.3 is 0 Å². The number of carbonyl (C=O) groups is 2. The third kappa shape index (κ3) is 2.05. The van der Waals surface area contributed by atoms with Crippen LogP contribution in [-0.2, 0) is 9.59 Å². The lowest BCUT2D eigenvalue weighted by molar-refractivity contribution is -0.137. The molecule has 0 heterocycles. The Labute approximate surface area is 88.6 Å². The highest BCUT2D eigenvalue weighted by molar-refractivity contribution is 6.74. The Morgan fingerprint density at radius 1 is 0.923 bits per heavy atom. The average Bonchev–Trinajstić information content (AvgIpc) is 1.82. The molecule has 13 heavy (non-hydrogen) atoms. The molecular formula is C9H14Cl2O2. The molecule has 0 rings (SSSR count). The SMILES string of the molecule is CC(C)C(C(=O)Cl)(C(=O)Cl)C(C)C. The third-order valence-electron chi connectivity index (χ3n) is 2.47. The van der Waals surface area contributed by atoms with Crippen LogP contribution in [0.3, 0.4) is 0 Å². The first-order chi connectivity index (χ1) is 5.77. The lowest BCUT2D eigenvalue weighted by atomic mass is 9.71. The molecule has 0 saturated carbocycles. The van der Waals surface area contributed by atoms with Crippen molar-refractivity contribution in [2.24, 2.45) is 17.3 Å². The Bertz CT molecular complexity index is 198.